The molecule has 1 unspecified atom stereocenters. The van der Waals surface area contributed by atoms with Gasteiger partial charge in [0.1, 0.15) is 0 Å². The lowest BCUT2D eigenvalue weighted by molar-refractivity contribution is -0.158. The molecule has 0 bridgehead atoms. The first kappa shape index (κ1) is 8.10. The Hall–Kier alpha value is -0.900. The Bertz CT molecular complexity index is 129. The zero-order valence-electron chi connectivity index (χ0n) is 5.21. The van der Waals surface area contributed by atoms with Gasteiger partial charge in [0.2, 0.25) is 6.10 Å². The largest absolute Gasteiger partial charge is 0.467 e. The molecule has 51 valence electrons. The molecule has 0 aliphatic carbocycles. The quantitative estimate of drug-likeness (QED) is 0.376. The fraction of sp³-hybridized carbons (Fsp3) is 0.600. The summed E-state index contributed by atoms with van der Waals surface area (Å²) in [5.74, 6) is -1.75. The molecule has 0 amide bonds. The van der Waals surface area contributed by atoms with Crippen LogP contribution in [-0.4, -0.2) is 25.0 Å². The van der Waals surface area contributed by atoms with Crippen molar-refractivity contribution >= 4 is 11.8 Å². The van der Waals surface area contributed by atoms with Gasteiger partial charge in [-0.15, -0.1) is 0 Å². The van der Waals surface area contributed by atoms with Crippen LogP contribution in [0, 0.1) is 0 Å². The summed E-state index contributed by atoms with van der Waals surface area (Å²) in [5.41, 5.74) is 0. The normalized spacial score (nSPS) is 12.3. The van der Waals surface area contributed by atoms with E-state index in [4.69, 9.17) is 0 Å². The van der Waals surface area contributed by atoms with Crippen LogP contribution in [0.4, 0.5) is 0 Å². The van der Waals surface area contributed by atoms with Crippen molar-refractivity contribution in [1.29, 1.82) is 0 Å². The lowest BCUT2D eigenvalue weighted by atomic mass is 10.3. The van der Waals surface area contributed by atoms with Crippen molar-refractivity contribution < 1.29 is 19.4 Å². The maximum absolute atomic E-state index is 10.3. The molecule has 0 spiro atoms. The van der Waals surface area contributed by atoms with Crippen molar-refractivity contribution in [3.05, 3.63) is 0 Å². The third-order valence-corrected chi connectivity index (χ3v) is 0.784. The van der Waals surface area contributed by atoms with Crippen LogP contribution in [0.2, 0.25) is 0 Å². The molecule has 0 aromatic carbocycles. The molecule has 0 aliphatic heterocycles. The standard InChI is InChI=1S/C5H7O4/c1-3(6)4(7)5(8)9-2/h4H,1-2H3. The minimum atomic E-state index is -1.87. The Morgan fingerprint density at radius 1 is 1.44 bits per heavy atom. The zero-order valence-corrected chi connectivity index (χ0v) is 5.21. The molecular formula is C5H7O4. The second-order valence-electron chi connectivity index (χ2n) is 1.51. The van der Waals surface area contributed by atoms with E-state index in [-0.39, 0.29) is 0 Å². The molecule has 1 atom stereocenters. The van der Waals surface area contributed by atoms with Crippen molar-refractivity contribution in [2.75, 3.05) is 7.11 Å². The minimum absolute atomic E-state index is 0.721. The number of rotatable bonds is 2. The molecule has 0 saturated carbocycles. The average Bonchev–Trinajstić information content (AvgIpc) is 1.84. The number of ketones is 1. The van der Waals surface area contributed by atoms with Crippen LogP contribution in [-0.2, 0) is 19.4 Å². The first-order valence-corrected chi connectivity index (χ1v) is 2.33. The molecule has 0 aliphatic rings. The number of carbonyl (C=O) groups is 2. The third-order valence-electron chi connectivity index (χ3n) is 0.784. The van der Waals surface area contributed by atoms with Crippen LogP contribution in [0.1, 0.15) is 6.92 Å². The second-order valence-corrected chi connectivity index (χ2v) is 1.51. The van der Waals surface area contributed by atoms with Gasteiger partial charge < -0.3 is 4.74 Å². The smallest absolute Gasteiger partial charge is 0.346 e. The van der Waals surface area contributed by atoms with E-state index < -0.39 is 17.9 Å². The highest BCUT2D eigenvalue weighted by molar-refractivity contribution is 6.00. The Kier molecular flexibility index (Phi) is 2.87. The molecule has 1 radical (unpaired) electrons. The van der Waals surface area contributed by atoms with E-state index in [0.717, 1.165) is 14.0 Å². The number of hydrogen-bond donors (Lipinski definition) is 0. The summed E-state index contributed by atoms with van der Waals surface area (Å²) in [6.07, 6.45) is -1.87. The molecular weight excluding hydrogens is 124 g/mol. The first-order valence-electron chi connectivity index (χ1n) is 2.33. The van der Waals surface area contributed by atoms with Crippen molar-refractivity contribution in [3.8, 4) is 0 Å². The zero-order chi connectivity index (χ0) is 7.44. The summed E-state index contributed by atoms with van der Waals surface area (Å²) < 4.78 is 4.00. The topological polar surface area (TPSA) is 63.3 Å². The number of carbonyl (C=O) groups excluding carboxylic acids is 2. The Morgan fingerprint density at radius 2 is 1.89 bits per heavy atom. The fourth-order valence-corrected chi connectivity index (χ4v) is 0.273. The van der Waals surface area contributed by atoms with Crippen LogP contribution < -0.4 is 0 Å². The summed E-state index contributed by atoms with van der Waals surface area (Å²) in [4.78, 5) is 20.3. The molecule has 0 aromatic heterocycles. The van der Waals surface area contributed by atoms with Gasteiger partial charge in [-0.1, -0.05) is 0 Å². The predicted molar refractivity (Wildman–Crippen MR) is 27.2 cm³/mol. The highest BCUT2D eigenvalue weighted by Crippen LogP contribution is 1.88. The molecule has 0 fully saturated rings. The van der Waals surface area contributed by atoms with Crippen LogP contribution in [0.5, 0.6) is 0 Å². The van der Waals surface area contributed by atoms with Crippen molar-refractivity contribution in [2.24, 2.45) is 0 Å². The highest BCUT2D eigenvalue weighted by Gasteiger charge is 2.21. The lowest BCUT2D eigenvalue weighted by Gasteiger charge is -1.98. The Morgan fingerprint density at radius 3 is 2.00 bits per heavy atom. The van der Waals surface area contributed by atoms with E-state index in [2.05, 4.69) is 4.74 Å². The van der Waals surface area contributed by atoms with Crippen molar-refractivity contribution in [3.63, 3.8) is 0 Å². The SMILES string of the molecule is COC(=O)C([O])C(C)=O. The van der Waals surface area contributed by atoms with Gasteiger partial charge in [0, 0.05) is 0 Å². The lowest BCUT2D eigenvalue weighted by Crippen LogP contribution is -2.27. The van der Waals surface area contributed by atoms with Gasteiger partial charge in [0.25, 0.3) is 0 Å². The number of esters is 1. The molecule has 9 heavy (non-hydrogen) atoms. The van der Waals surface area contributed by atoms with Gasteiger partial charge >= 0.3 is 5.97 Å². The molecule has 0 saturated heterocycles. The number of hydrogen-bond acceptors (Lipinski definition) is 3. The fourth-order valence-electron chi connectivity index (χ4n) is 0.273. The number of ether oxygens (including phenoxy) is 1. The number of Topliss-reactive ketones (excluding diaryl/α,β-unsaturated/α-hetero) is 1. The maximum atomic E-state index is 10.3. The summed E-state index contributed by atoms with van der Waals surface area (Å²) in [5, 5.41) is 10.3. The van der Waals surface area contributed by atoms with Gasteiger partial charge in [-0.25, -0.2) is 9.90 Å². The van der Waals surface area contributed by atoms with Crippen molar-refractivity contribution in [2.45, 2.75) is 13.0 Å². The predicted octanol–water partition coefficient (Wildman–Crippen LogP) is -0.453. The van der Waals surface area contributed by atoms with Gasteiger partial charge in [0.05, 0.1) is 7.11 Å². The van der Waals surface area contributed by atoms with Gasteiger partial charge in [-0.3, -0.25) is 4.79 Å². The van der Waals surface area contributed by atoms with Crippen LogP contribution >= 0.6 is 0 Å². The summed E-state index contributed by atoms with van der Waals surface area (Å²) in [6.45, 7) is 1.05. The Balaban J connectivity index is 3.88. The first-order chi connectivity index (χ1) is 4.09. The van der Waals surface area contributed by atoms with E-state index in [1.807, 2.05) is 0 Å². The van der Waals surface area contributed by atoms with E-state index in [1.54, 1.807) is 0 Å². The van der Waals surface area contributed by atoms with Crippen molar-refractivity contribution in [1.82, 2.24) is 0 Å². The van der Waals surface area contributed by atoms with E-state index in [0.29, 0.717) is 0 Å². The van der Waals surface area contributed by atoms with E-state index >= 15 is 0 Å². The van der Waals surface area contributed by atoms with E-state index in [9.17, 15) is 14.7 Å². The Labute approximate surface area is 52.4 Å². The summed E-state index contributed by atoms with van der Waals surface area (Å²) >= 11 is 0. The molecule has 0 heterocycles. The van der Waals surface area contributed by atoms with Crippen LogP contribution in [0.15, 0.2) is 0 Å². The molecule has 0 N–H and O–H groups in total. The third kappa shape index (κ3) is 2.23. The average molecular weight is 131 g/mol. The van der Waals surface area contributed by atoms with Gasteiger partial charge in [-0.05, 0) is 6.92 Å². The summed E-state index contributed by atoms with van der Waals surface area (Å²) in [7, 11) is 1.07. The van der Waals surface area contributed by atoms with E-state index in [1.165, 1.54) is 0 Å². The molecule has 0 rings (SSSR count). The molecule has 4 nitrogen and oxygen atoms in total. The van der Waals surface area contributed by atoms with Crippen LogP contribution in [0.25, 0.3) is 0 Å². The molecule has 4 heteroatoms. The monoisotopic (exact) mass is 131 g/mol. The molecule has 0 aromatic rings. The van der Waals surface area contributed by atoms with Crippen LogP contribution in [0.3, 0.4) is 0 Å². The minimum Gasteiger partial charge on any atom is -0.467 e. The maximum Gasteiger partial charge on any atom is 0.346 e. The second kappa shape index (κ2) is 3.19. The summed E-state index contributed by atoms with van der Waals surface area (Å²) in [6, 6.07) is 0. The number of methoxy groups -OCH3 is 1. The van der Waals surface area contributed by atoms with Gasteiger partial charge in [0.15, 0.2) is 5.78 Å². The van der Waals surface area contributed by atoms with Gasteiger partial charge in [-0.2, -0.15) is 0 Å². The highest BCUT2D eigenvalue weighted by atomic mass is 16.5.